The smallest absolute Gasteiger partial charge is 0.268 e. The predicted octanol–water partition coefficient (Wildman–Crippen LogP) is 3.61. The highest BCUT2D eigenvalue weighted by Crippen LogP contribution is 2.45. The Morgan fingerprint density at radius 2 is 1.95 bits per heavy atom. The number of rotatable bonds is 2. The summed E-state index contributed by atoms with van der Waals surface area (Å²) in [6.45, 7) is 3.96. The van der Waals surface area contributed by atoms with Gasteiger partial charge in [-0.25, -0.2) is 8.42 Å². The lowest BCUT2D eigenvalue weighted by Crippen LogP contribution is -2.34. The number of nitrogens with zero attached hydrogens (tertiary/aromatic N) is 1. The van der Waals surface area contributed by atoms with Crippen molar-refractivity contribution in [3.8, 4) is 0 Å². The molecule has 0 saturated heterocycles. The summed E-state index contributed by atoms with van der Waals surface area (Å²) in [5.74, 6) is -0.154. The average molecular weight is 321 g/mol. The normalized spacial score (nSPS) is 17.0. The lowest BCUT2D eigenvalue weighted by molar-refractivity contribution is 0.515. The van der Waals surface area contributed by atoms with Crippen molar-refractivity contribution in [2.45, 2.75) is 13.8 Å². The molecule has 0 spiro atoms. The van der Waals surface area contributed by atoms with E-state index in [1.807, 2.05) is 19.1 Å². The Labute approximate surface area is 128 Å². The maximum Gasteiger partial charge on any atom is 0.268 e. The summed E-state index contributed by atoms with van der Waals surface area (Å²) in [5.41, 5.74) is 1.92. The number of benzene rings is 1. The Morgan fingerprint density at radius 3 is 2.62 bits per heavy atom. The minimum absolute atomic E-state index is 0.00241. The second-order valence-electron chi connectivity index (χ2n) is 4.80. The van der Waals surface area contributed by atoms with E-state index in [1.165, 1.54) is 15.6 Å². The van der Waals surface area contributed by atoms with Crippen LogP contribution in [0.2, 0.25) is 0 Å². The van der Waals surface area contributed by atoms with Crippen molar-refractivity contribution in [1.29, 1.82) is 0 Å². The van der Waals surface area contributed by atoms with Crippen molar-refractivity contribution in [2.24, 2.45) is 0 Å². The van der Waals surface area contributed by atoms with Crippen LogP contribution in [0.25, 0.3) is 10.7 Å². The molecule has 0 unspecified atom stereocenters. The number of hydrogen-bond donors (Lipinski definition) is 1. The van der Waals surface area contributed by atoms with Crippen LogP contribution in [-0.4, -0.2) is 20.1 Å². The molecule has 0 amide bonds. The van der Waals surface area contributed by atoms with Gasteiger partial charge in [0.25, 0.3) is 10.0 Å². The van der Waals surface area contributed by atoms with Gasteiger partial charge in [-0.05, 0) is 30.9 Å². The van der Waals surface area contributed by atoms with Crippen molar-refractivity contribution in [3.05, 3.63) is 51.7 Å². The van der Waals surface area contributed by atoms with Crippen LogP contribution in [0, 0.1) is 6.92 Å². The highest BCUT2D eigenvalue weighted by atomic mass is 32.2. The maximum atomic E-state index is 12.9. The minimum Gasteiger partial charge on any atom is -0.505 e. The topological polar surface area (TPSA) is 57.6 Å². The first-order valence-corrected chi connectivity index (χ1v) is 8.90. The number of thiophene rings is 1. The summed E-state index contributed by atoms with van der Waals surface area (Å²) in [7, 11) is -3.75. The van der Waals surface area contributed by atoms with E-state index in [0.29, 0.717) is 22.7 Å². The van der Waals surface area contributed by atoms with Crippen LogP contribution < -0.4 is 4.31 Å². The van der Waals surface area contributed by atoms with Crippen LogP contribution in [0.15, 0.2) is 35.7 Å². The third-order valence-corrected chi connectivity index (χ3v) is 6.44. The fourth-order valence-corrected chi connectivity index (χ4v) is 5.37. The maximum absolute atomic E-state index is 12.9. The molecule has 0 aliphatic carbocycles. The van der Waals surface area contributed by atoms with Gasteiger partial charge in [0.1, 0.15) is 4.91 Å². The Morgan fingerprint density at radius 1 is 1.24 bits per heavy atom. The molecule has 21 heavy (non-hydrogen) atoms. The van der Waals surface area contributed by atoms with E-state index in [0.717, 1.165) is 5.56 Å². The molecule has 1 N–H and O–H groups in total. The van der Waals surface area contributed by atoms with Crippen molar-refractivity contribution in [3.63, 3.8) is 0 Å². The lowest BCUT2D eigenvalue weighted by Gasteiger charge is -2.29. The molecule has 6 heteroatoms. The SMILES string of the molecule is CCN1c2ccsc2C(O)=C(c2ccccc2C)S1(=O)=O. The fourth-order valence-electron chi connectivity index (χ4n) is 2.58. The molecule has 3 rings (SSSR count). The van der Waals surface area contributed by atoms with E-state index < -0.39 is 10.0 Å². The predicted molar refractivity (Wildman–Crippen MR) is 86.9 cm³/mol. The first-order chi connectivity index (χ1) is 9.98. The van der Waals surface area contributed by atoms with E-state index in [9.17, 15) is 13.5 Å². The number of aliphatic hydroxyl groups excluding tert-OH is 1. The zero-order valence-corrected chi connectivity index (χ0v) is 13.3. The van der Waals surface area contributed by atoms with Gasteiger partial charge in [-0.1, -0.05) is 24.3 Å². The zero-order chi connectivity index (χ0) is 15.2. The average Bonchev–Trinajstić information content (AvgIpc) is 2.90. The number of hydrogen-bond acceptors (Lipinski definition) is 4. The van der Waals surface area contributed by atoms with Crippen molar-refractivity contribution >= 4 is 37.7 Å². The first-order valence-electron chi connectivity index (χ1n) is 6.58. The third-order valence-electron chi connectivity index (χ3n) is 3.57. The van der Waals surface area contributed by atoms with Gasteiger partial charge >= 0.3 is 0 Å². The van der Waals surface area contributed by atoms with Gasteiger partial charge in [-0.3, -0.25) is 4.31 Å². The Bertz CT molecular complexity index is 834. The van der Waals surface area contributed by atoms with Crippen LogP contribution in [0.3, 0.4) is 0 Å². The molecule has 0 fully saturated rings. The van der Waals surface area contributed by atoms with Crippen LogP contribution in [-0.2, 0) is 10.0 Å². The van der Waals surface area contributed by atoms with Crippen LogP contribution >= 0.6 is 11.3 Å². The van der Waals surface area contributed by atoms with E-state index in [2.05, 4.69) is 0 Å². The number of sulfonamides is 1. The Balaban J connectivity index is 2.38. The number of aryl methyl sites for hydroxylation is 1. The van der Waals surface area contributed by atoms with Crippen molar-refractivity contribution < 1.29 is 13.5 Å². The summed E-state index contributed by atoms with van der Waals surface area (Å²) in [6.07, 6.45) is 0. The molecular weight excluding hydrogens is 306 g/mol. The highest BCUT2D eigenvalue weighted by molar-refractivity contribution is 8.02. The minimum atomic E-state index is -3.75. The summed E-state index contributed by atoms with van der Waals surface area (Å²) in [6, 6.07) is 8.92. The second kappa shape index (κ2) is 4.89. The number of aliphatic hydroxyl groups is 1. The fraction of sp³-hybridized carbons (Fsp3) is 0.200. The molecule has 1 aromatic carbocycles. The van der Waals surface area contributed by atoms with Gasteiger partial charge in [0, 0.05) is 12.1 Å². The standard InChI is InChI=1S/C15H15NO3S2/c1-3-16-12-8-9-20-14(12)13(17)15(21(16,18)19)11-7-5-4-6-10(11)2/h4-9,17H,3H2,1-2H3. The molecule has 0 bridgehead atoms. The van der Waals surface area contributed by atoms with Gasteiger partial charge in [0.2, 0.25) is 0 Å². The largest absolute Gasteiger partial charge is 0.505 e. The molecule has 0 atom stereocenters. The molecule has 0 saturated carbocycles. The van der Waals surface area contributed by atoms with Crippen LogP contribution in [0.5, 0.6) is 0 Å². The monoisotopic (exact) mass is 321 g/mol. The Hall–Kier alpha value is -1.79. The summed E-state index contributed by atoms with van der Waals surface area (Å²) < 4.78 is 27.1. The van der Waals surface area contributed by atoms with E-state index in [-0.39, 0.29) is 10.7 Å². The molecule has 1 aliphatic rings. The van der Waals surface area contributed by atoms with Gasteiger partial charge < -0.3 is 5.11 Å². The molecular formula is C15H15NO3S2. The lowest BCUT2D eigenvalue weighted by atomic mass is 10.1. The second-order valence-corrected chi connectivity index (χ2v) is 7.51. The van der Waals surface area contributed by atoms with Crippen LogP contribution in [0.4, 0.5) is 5.69 Å². The quantitative estimate of drug-likeness (QED) is 0.919. The van der Waals surface area contributed by atoms with Gasteiger partial charge in [0.05, 0.1) is 10.6 Å². The van der Waals surface area contributed by atoms with E-state index in [1.54, 1.807) is 30.5 Å². The summed E-state index contributed by atoms with van der Waals surface area (Å²) in [4.78, 5) is 0.599. The number of fused-ring (bicyclic) bond motifs is 1. The van der Waals surface area contributed by atoms with Gasteiger partial charge in [-0.2, -0.15) is 0 Å². The number of anilines is 1. The first kappa shape index (κ1) is 14.2. The van der Waals surface area contributed by atoms with Crippen LogP contribution in [0.1, 0.15) is 22.9 Å². The zero-order valence-electron chi connectivity index (χ0n) is 11.7. The molecule has 110 valence electrons. The van der Waals surface area contributed by atoms with Gasteiger partial charge in [-0.15, -0.1) is 11.3 Å². The molecule has 1 aliphatic heterocycles. The molecule has 1 aromatic heterocycles. The van der Waals surface area contributed by atoms with Crippen molar-refractivity contribution in [2.75, 3.05) is 10.8 Å². The molecule has 4 nitrogen and oxygen atoms in total. The summed E-state index contributed by atoms with van der Waals surface area (Å²) in [5, 5.41) is 12.3. The van der Waals surface area contributed by atoms with E-state index >= 15 is 0 Å². The van der Waals surface area contributed by atoms with E-state index in [4.69, 9.17) is 0 Å². The highest BCUT2D eigenvalue weighted by Gasteiger charge is 2.38. The Kier molecular flexibility index (Phi) is 3.30. The van der Waals surface area contributed by atoms with Crippen molar-refractivity contribution in [1.82, 2.24) is 0 Å². The molecule has 2 heterocycles. The molecule has 2 aromatic rings. The third kappa shape index (κ3) is 1.98. The summed E-state index contributed by atoms with van der Waals surface area (Å²) >= 11 is 1.34. The van der Waals surface area contributed by atoms with Gasteiger partial charge in [0.15, 0.2) is 5.76 Å². The molecule has 0 radical (unpaired) electrons.